The molecule has 0 bridgehead atoms. The van der Waals surface area contributed by atoms with Gasteiger partial charge in [-0.05, 0) is 59.1 Å². The van der Waals surface area contributed by atoms with Crippen molar-refractivity contribution in [2.45, 2.75) is 65.0 Å². The van der Waals surface area contributed by atoms with E-state index in [4.69, 9.17) is 5.73 Å². The molecule has 45 heavy (non-hydrogen) atoms. The zero-order valence-electron chi connectivity index (χ0n) is 25.4. The van der Waals surface area contributed by atoms with Crippen molar-refractivity contribution in [3.8, 4) is 11.4 Å². The highest BCUT2D eigenvalue weighted by Crippen LogP contribution is 2.28. The molecular formula is C31H39BN8O5. The summed E-state index contributed by atoms with van der Waals surface area (Å²) in [5.74, 6) is -0.0324. The smallest absolute Gasteiger partial charge is 0.423 e. The second-order valence-corrected chi connectivity index (χ2v) is 11.4. The van der Waals surface area contributed by atoms with Crippen molar-refractivity contribution in [1.29, 1.82) is 0 Å². The molecule has 236 valence electrons. The Balaban J connectivity index is 0.000000205. The van der Waals surface area contributed by atoms with E-state index in [1.54, 1.807) is 24.3 Å². The summed E-state index contributed by atoms with van der Waals surface area (Å²) >= 11 is 0. The molecule has 2 heterocycles. The Bertz CT molecular complexity index is 1590. The summed E-state index contributed by atoms with van der Waals surface area (Å²) in [6, 6.07) is 15.5. The Morgan fingerprint density at radius 2 is 1.84 bits per heavy atom. The van der Waals surface area contributed by atoms with Crippen LogP contribution in [0.3, 0.4) is 0 Å². The van der Waals surface area contributed by atoms with Crippen LogP contribution < -0.4 is 21.8 Å². The molecule has 0 radical (unpaired) electrons. The van der Waals surface area contributed by atoms with E-state index in [1.165, 1.54) is 0 Å². The number of aromatic amines is 1. The SMILES string of the molecule is CCC(C)CC(=O)NCc1cc(B(O)O)cc(-c2nn[nH]n2)c1.NC(=O)C(NC(=O)c1ccc2ccccc2n1)C1CCCC1. The maximum absolute atomic E-state index is 12.4. The fraction of sp³-hybridized carbons (Fsp3) is 0.387. The maximum Gasteiger partial charge on any atom is 0.488 e. The predicted octanol–water partition coefficient (Wildman–Crippen LogP) is 1.61. The number of aromatic nitrogens is 5. The molecule has 14 heteroatoms. The van der Waals surface area contributed by atoms with Crippen LogP contribution in [0.15, 0.2) is 54.6 Å². The second-order valence-electron chi connectivity index (χ2n) is 11.4. The lowest BCUT2D eigenvalue weighted by molar-refractivity contribution is -0.122. The first kappa shape index (κ1) is 33.2. The first-order valence-corrected chi connectivity index (χ1v) is 15.1. The number of hydrogen-bond acceptors (Lipinski definition) is 9. The van der Waals surface area contributed by atoms with Gasteiger partial charge in [-0.1, -0.05) is 69.5 Å². The average molecular weight is 615 g/mol. The largest absolute Gasteiger partial charge is 0.488 e. The molecule has 1 aliphatic rings. The third-order valence-electron chi connectivity index (χ3n) is 7.93. The number of carbonyl (C=O) groups excluding carboxylic acids is 3. The normalized spacial score (nSPS) is 14.2. The fourth-order valence-electron chi connectivity index (χ4n) is 5.24. The first-order chi connectivity index (χ1) is 21.6. The van der Waals surface area contributed by atoms with E-state index in [0.29, 0.717) is 41.4 Å². The number of benzene rings is 2. The molecule has 1 aliphatic carbocycles. The van der Waals surface area contributed by atoms with Crippen LogP contribution in [-0.2, 0) is 16.1 Å². The molecule has 0 aliphatic heterocycles. The van der Waals surface area contributed by atoms with E-state index in [9.17, 15) is 24.4 Å². The van der Waals surface area contributed by atoms with Gasteiger partial charge in [0.1, 0.15) is 11.7 Å². The monoisotopic (exact) mass is 614 g/mol. The van der Waals surface area contributed by atoms with Gasteiger partial charge < -0.3 is 26.4 Å². The van der Waals surface area contributed by atoms with Crippen LogP contribution in [0.4, 0.5) is 0 Å². The van der Waals surface area contributed by atoms with Gasteiger partial charge >= 0.3 is 7.12 Å². The van der Waals surface area contributed by atoms with Crippen molar-refractivity contribution in [3.05, 3.63) is 65.9 Å². The lowest BCUT2D eigenvalue weighted by atomic mass is 9.78. The highest BCUT2D eigenvalue weighted by Gasteiger charge is 2.31. The third-order valence-corrected chi connectivity index (χ3v) is 7.93. The zero-order chi connectivity index (χ0) is 32.3. The van der Waals surface area contributed by atoms with Gasteiger partial charge in [-0.2, -0.15) is 5.21 Å². The Kier molecular flexibility index (Phi) is 11.7. The number of fused-ring (bicyclic) bond motifs is 1. The maximum atomic E-state index is 12.4. The number of nitrogens with zero attached hydrogens (tertiary/aromatic N) is 4. The summed E-state index contributed by atoms with van der Waals surface area (Å²) in [5, 5.41) is 39.0. The van der Waals surface area contributed by atoms with E-state index < -0.39 is 19.1 Å². The number of hydrogen-bond donors (Lipinski definition) is 6. The van der Waals surface area contributed by atoms with Gasteiger partial charge in [-0.15, -0.1) is 10.2 Å². The minimum Gasteiger partial charge on any atom is -0.423 e. The Labute approximate surface area is 261 Å². The highest BCUT2D eigenvalue weighted by molar-refractivity contribution is 6.58. The Hall–Kier alpha value is -4.69. The number of tetrazole rings is 1. The summed E-state index contributed by atoms with van der Waals surface area (Å²) in [6.07, 6.45) is 5.44. The van der Waals surface area contributed by atoms with Gasteiger partial charge in [0.15, 0.2) is 0 Å². The molecule has 1 saturated carbocycles. The van der Waals surface area contributed by atoms with Crippen LogP contribution in [0, 0.1) is 11.8 Å². The number of nitrogens with one attached hydrogen (secondary N) is 3. The molecule has 1 fully saturated rings. The minimum absolute atomic E-state index is 0.0320. The van der Waals surface area contributed by atoms with Gasteiger partial charge in [-0.3, -0.25) is 14.4 Å². The van der Waals surface area contributed by atoms with E-state index in [-0.39, 0.29) is 17.7 Å². The summed E-state index contributed by atoms with van der Waals surface area (Å²) in [4.78, 5) is 40.2. The topological polar surface area (TPSA) is 209 Å². The summed E-state index contributed by atoms with van der Waals surface area (Å²) < 4.78 is 0. The van der Waals surface area contributed by atoms with Crippen molar-refractivity contribution >= 4 is 41.2 Å². The van der Waals surface area contributed by atoms with Crippen LogP contribution in [-0.4, -0.2) is 66.5 Å². The van der Waals surface area contributed by atoms with Crippen LogP contribution in [0.2, 0.25) is 0 Å². The van der Waals surface area contributed by atoms with E-state index in [1.807, 2.05) is 44.2 Å². The minimum atomic E-state index is -1.61. The molecule has 13 nitrogen and oxygen atoms in total. The molecule has 5 rings (SSSR count). The number of para-hydroxylation sites is 1. The van der Waals surface area contributed by atoms with Crippen molar-refractivity contribution in [2.24, 2.45) is 17.6 Å². The molecule has 3 amide bonds. The zero-order valence-corrected chi connectivity index (χ0v) is 25.4. The number of carbonyl (C=O) groups is 3. The number of pyridine rings is 1. The molecule has 2 aromatic heterocycles. The standard InChI is InChI=1S/C17H19N3O2.C14H20BN5O3/c18-16(21)15(12-6-1-2-7-12)20-17(22)14-10-9-11-5-3-4-8-13(11)19-14;1-3-9(2)4-13(21)16-8-10-5-11(14-17-19-20-18-14)7-12(6-10)15(22)23/h3-5,8-10,12,15H,1-2,6-7H2,(H2,18,21)(H,20,22);5-7,9,22-23H,3-4,8H2,1-2H3,(H,16,21)(H,17,18,19,20). The van der Waals surface area contributed by atoms with Gasteiger partial charge in [-0.25, -0.2) is 4.98 Å². The number of amides is 3. The fourth-order valence-corrected chi connectivity index (χ4v) is 5.24. The quantitative estimate of drug-likeness (QED) is 0.135. The average Bonchev–Trinajstić information content (AvgIpc) is 3.78. The van der Waals surface area contributed by atoms with Crippen molar-refractivity contribution in [3.63, 3.8) is 0 Å². The Morgan fingerprint density at radius 1 is 1.09 bits per heavy atom. The van der Waals surface area contributed by atoms with E-state index >= 15 is 0 Å². The number of nitrogens with two attached hydrogens (primary N) is 1. The van der Waals surface area contributed by atoms with Gasteiger partial charge in [0.25, 0.3) is 5.91 Å². The molecule has 2 unspecified atom stereocenters. The van der Waals surface area contributed by atoms with Crippen molar-refractivity contribution < 1.29 is 24.4 Å². The lowest BCUT2D eigenvalue weighted by Crippen LogP contribution is -2.48. The molecule has 2 aromatic carbocycles. The van der Waals surface area contributed by atoms with Crippen molar-refractivity contribution in [1.82, 2.24) is 36.2 Å². The molecule has 7 N–H and O–H groups in total. The van der Waals surface area contributed by atoms with Gasteiger partial charge in [0.05, 0.1) is 5.52 Å². The lowest BCUT2D eigenvalue weighted by Gasteiger charge is -2.21. The van der Waals surface area contributed by atoms with E-state index in [2.05, 4.69) is 36.2 Å². The molecule has 0 spiro atoms. The Morgan fingerprint density at radius 3 is 2.51 bits per heavy atom. The molecule has 4 aromatic rings. The molecular weight excluding hydrogens is 575 g/mol. The highest BCUT2D eigenvalue weighted by atomic mass is 16.4. The van der Waals surface area contributed by atoms with Crippen LogP contribution in [0.25, 0.3) is 22.3 Å². The number of primary amides is 1. The van der Waals surface area contributed by atoms with Crippen LogP contribution in [0.1, 0.15) is 68.4 Å². The predicted molar refractivity (Wildman–Crippen MR) is 170 cm³/mol. The number of H-pyrrole nitrogens is 1. The van der Waals surface area contributed by atoms with Crippen LogP contribution in [0.5, 0.6) is 0 Å². The molecule has 2 atom stereocenters. The van der Waals surface area contributed by atoms with Gasteiger partial charge in [0, 0.05) is 23.9 Å². The van der Waals surface area contributed by atoms with Crippen molar-refractivity contribution in [2.75, 3.05) is 0 Å². The van der Waals surface area contributed by atoms with Crippen LogP contribution >= 0.6 is 0 Å². The molecule has 0 saturated heterocycles. The number of rotatable bonds is 11. The van der Waals surface area contributed by atoms with E-state index in [0.717, 1.165) is 48.6 Å². The third kappa shape index (κ3) is 9.40. The van der Waals surface area contributed by atoms with Gasteiger partial charge in [0.2, 0.25) is 17.6 Å². The second kappa shape index (κ2) is 15.9. The summed E-state index contributed by atoms with van der Waals surface area (Å²) in [7, 11) is -1.61. The summed E-state index contributed by atoms with van der Waals surface area (Å²) in [6.45, 7) is 4.36. The summed E-state index contributed by atoms with van der Waals surface area (Å²) in [5.41, 5.74) is 8.15. The first-order valence-electron chi connectivity index (χ1n) is 15.1.